The first-order valence-corrected chi connectivity index (χ1v) is 11.4. The van der Waals surface area contributed by atoms with E-state index in [1.54, 1.807) is 30.3 Å². The van der Waals surface area contributed by atoms with Crippen molar-refractivity contribution in [2.45, 2.75) is 4.90 Å². The summed E-state index contributed by atoms with van der Waals surface area (Å²) in [7, 11) is -1.72. The van der Waals surface area contributed by atoms with Crippen LogP contribution in [0.15, 0.2) is 60.0 Å². The van der Waals surface area contributed by atoms with Crippen LogP contribution in [0.25, 0.3) is 5.69 Å². The van der Waals surface area contributed by atoms with Crippen molar-refractivity contribution in [2.75, 3.05) is 38.5 Å². The van der Waals surface area contributed by atoms with Gasteiger partial charge in [-0.25, -0.2) is 18.1 Å². The molecular formula is C20H21ClN6O3S. The molecule has 0 spiro atoms. The fourth-order valence-electron chi connectivity index (χ4n) is 3.31. The van der Waals surface area contributed by atoms with Crippen LogP contribution in [-0.4, -0.2) is 71.5 Å². The van der Waals surface area contributed by atoms with Crippen molar-refractivity contribution in [2.24, 2.45) is 0 Å². The Morgan fingerprint density at radius 2 is 1.87 bits per heavy atom. The smallest absolute Gasteiger partial charge is 0.255 e. The van der Waals surface area contributed by atoms with Crippen molar-refractivity contribution in [3.8, 4) is 5.69 Å². The number of nitrogens with one attached hydrogen (secondary N) is 1. The maximum Gasteiger partial charge on any atom is 0.255 e. The number of hydrogen-bond acceptors (Lipinski definition) is 6. The molecule has 4 rings (SSSR count). The summed E-state index contributed by atoms with van der Waals surface area (Å²) >= 11 is 6.10. The van der Waals surface area contributed by atoms with Gasteiger partial charge in [0.2, 0.25) is 10.0 Å². The molecule has 1 fully saturated rings. The zero-order valence-corrected chi connectivity index (χ0v) is 18.3. The maximum absolute atomic E-state index is 13.0. The average Bonchev–Trinajstić information content (AvgIpc) is 3.29. The number of halogens is 1. The number of sulfonamides is 1. The number of nitrogens with zero attached hydrogens (tertiary/aromatic N) is 5. The number of aromatic nitrogens is 3. The molecule has 2 heterocycles. The SMILES string of the molecule is CN1CCN(S(=O)(=O)c2cccc(C(=O)Nc3cc(Cl)ccc3-n3cncn3)c2)CC1. The highest BCUT2D eigenvalue weighted by molar-refractivity contribution is 7.89. The fraction of sp³-hybridized carbons (Fsp3) is 0.250. The molecule has 1 aliphatic rings. The third-order valence-corrected chi connectivity index (χ3v) is 7.20. The summed E-state index contributed by atoms with van der Waals surface area (Å²) in [5.41, 5.74) is 1.23. The summed E-state index contributed by atoms with van der Waals surface area (Å²) in [6.07, 6.45) is 2.88. The van der Waals surface area contributed by atoms with E-state index in [4.69, 9.17) is 11.6 Å². The first-order valence-electron chi connectivity index (χ1n) is 9.59. The largest absolute Gasteiger partial charge is 0.320 e. The van der Waals surface area contributed by atoms with Crippen molar-refractivity contribution >= 4 is 33.2 Å². The summed E-state index contributed by atoms with van der Waals surface area (Å²) in [5, 5.41) is 7.31. The molecule has 0 bridgehead atoms. The van der Waals surface area contributed by atoms with Gasteiger partial charge in [-0.15, -0.1) is 0 Å². The van der Waals surface area contributed by atoms with E-state index in [1.807, 2.05) is 7.05 Å². The van der Waals surface area contributed by atoms with Gasteiger partial charge in [0.25, 0.3) is 5.91 Å². The van der Waals surface area contributed by atoms with Crippen LogP contribution in [-0.2, 0) is 10.0 Å². The van der Waals surface area contributed by atoms with Crippen molar-refractivity contribution in [1.82, 2.24) is 24.0 Å². The molecule has 0 aliphatic carbocycles. The van der Waals surface area contributed by atoms with Crippen molar-refractivity contribution in [1.29, 1.82) is 0 Å². The molecule has 31 heavy (non-hydrogen) atoms. The van der Waals surface area contributed by atoms with E-state index in [9.17, 15) is 13.2 Å². The number of piperazine rings is 1. The van der Waals surface area contributed by atoms with Crippen LogP contribution in [0, 0.1) is 0 Å². The Morgan fingerprint density at radius 3 is 2.58 bits per heavy atom. The van der Waals surface area contributed by atoms with Crippen LogP contribution in [0.4, 0.5) is 5.69 Å². The van der Waals surface area contributed by atoms with Gasteiger partial charge in [0.1, 0.15) is 12.7 Å². The molecule has 3 aromatic rings. The molecule has 0 atom stereocenters. The summed E-state index contributed by atoms with van der Waals surface area (Å²) < 4.78 is 29.0. The molecule has 162 valence electrons. The maximum atomic E-state index is 13.0. The topological polar surface area (TPSA) is 100 Å². The highest BCUT2D eigenvalue weighted by atomic mass is 35.5. The number of anilines is 1. The standard InChI is InChI=1S/C20H21ClN6O3S/c1-25-7-9-26(10-8-25)31(29,30)17-4-2-3-15(11-17)20(28)24-18-12-16(21)5-6-19(18)27-14-22-13-23-27/h2-6,11-14H,7-10H2,1H3,(H,24,28). The number of carbonyl (C=O) groups is 1. The summed E-state index contributed by atoms with van der Waals surface area (Å²) in [4.78, 5) is 19.0. The van der Waals surface area contributed by atoms with E-state index >= 15 is 0 Å². The van der Waals surface area contributed by atoms with E-state index in [2.05, 4.69) is 20.3 Å². The first kappa shape index (κ1) is 21.4. The minimum Gasteiger partial charge on any atom is -0.320 e. The van der Waals surface area contributed by atoms with Gasteiger partial charge in [0.05, 0.1) is 16.3 Å². The van der Waals surface area contributed by atoms with Gasteiger partial charge in [-0.2, -0.15) is 9.40 Å². The van der Waals surface area contributed by atoms with Crippen LogP contribution in [0.5, 0.6) is 0 Å². The number of carbonyl (C=O) groups excluding carboxylic acids is 1. The number of likely N-dealkylation sites (N-methyl/N-ethyl adjacent to an activating group) is 1. The van der Waals surface area contributed by atoms with E-state index in [-0.39, 0.29) is 10.5 Å². The summed E-state index contributed by atoms with van der Waals surface area (Å²) in [5.74, 6) is -0.459. The van der Waals surface area contributed by atoms with Crippen LogP contribution >= 0.6 is 11.6 Å². The minimum atomic E-state index is -3.68. The highest BCUT2D eigenvalue weighted by Gasteiger charge is 2.28. The predicted molar refractivity (Wildman–Crippen MR) is 117 cm³/mol. The highest BCUT2D eigenvalue weighted by Crippen LogP contribution is 2.25. The van der Waals surface area contributed by atoms with Crippen molar-refractivity contribution in [3.05, 3.63) is 65.7 Å². The van der Waals surface area contributed by atoms with Gasteiger partial charge in [0.15, 0.2) is 0 Å². The molecular weight excluding hydrogens is 440 g/mol. The third kappa shape index (κ3) is 4.62. The summed E-state index contributed by atoms with van der Waals surface area (Å²) in [6.45, 7) is 2.16. The van der Waals surface area contributed by atoms with Gasteiger partial charge < -0.3 is 10.2 Å². The molecule has 11 heteroatoms. The van der Waals surface area contributed by atoms with Gasteiger partial charge in [-0.1, -0.05) is 17.7 Å². The monoisotopic (exact) mass is 460 g/mol. The third-order valence-electron chi connectivity index (χ3n) is 5.07. The lowest BCUT2D eigenvalue weighted by Crippen LogP contribution is -2.47. The van der Waals surface area contributed by atoms with Gasteiger partial charge in [-0.3, -0.25) is 4.79 Å². The Morgan fingerprint density at radius 1 is 1.10 bits per heavy atom. The van der Waals surface area contributed by atoms with Crippen molar-refractivity contribution < 1.29 is 13.2 Å². The molecule has 0 saturated carbocycles. The minimum absolute atomic E-state index is 0.0901. The van der Waals surface area contributed by atoms with E-state index < -0.39 is 15.9 Å². The molecule has 1 amide bonds. The lowest BCUT2D eigenvalue weighted by atomic mass is 10.2. The number of hydrogen-bond donors (Lipinski definition) is 1. The molecule has 1 N–H and O–H groups in total. The van der Waals surface area contributed by atoms with Crippen LogP contribution < -0.4 is 5.32 Å². The number of rotatable bonds is 5. The summed E-state index contributed by atoms with van der Waals surface area (Å²) in [6, 6.07) is 11.0. The molecule has 0 unspecified atom stereocenters. The van der Waals surface area contributed by atoms with Crippen molar-refractivity contribution in [3.63, 3.8) is 0 Å². The zero-order valence-electron chi connectivity index (χ0n) is 16.8. The normalized spacial score (nSPS) is 15.7. The van der Waals surface area contributed by atoms with Gasteiger partial charge in [0, 0.05) is 36.8 Å². The number of amides is 1. The molecule has 0 radical (unpaired) electrons. The molecule has 1 aromatic heterocycles. The second-order valence-corrected chi connectivity index (χ2v) is 9.57. The average molecular weight is 461 g/mol. The van der Waals surface area contributed by atoms with Crippen LogP contribution in [0.2, 0.25) is 5.02 Å². The fourth-order valence-corrected chi connectivity index (χ4v) is 4.95. The van der Waals surface area contributed by atoms with E-state index in [0.29, 0.717) is 42.6 Å². The predicted octanol–water partition coefficient (Wildman–Crippen LogP) is 2.11. The van der Waals surface area contributed by atoms with Crippen LogP contribution in [0.1, 0.15) is 10.4 Å². The van der Waals surface area contributed by atoms with Crippen LogP contribution in [0.3, 0.4) is 0 Å². The Labute approximate surface area is 185 Å². The molecule has 2 aromatic carbocycles. The molecule has 1 aliphatic heterocycles. The lowest BCUT2D eigenvalue weighted by molar-refractivity contribution is 0.102. The Kier molecular flexibility index (Phi) is 6.05. The van der Waals surface area contributed by atoms with E-state index in [0.717, 1.165) is 0 Å². The first-order chi connectivity index (χ1) is 14.8. The van der Waals surface area contributed by atoms with Gasteiger partial charge in [-0.05, 0) is 43.4 Å². The quantitative estimate of drug-likeness (QED) is 0.626. The molecule has 9 nitrogen and oxygen atoms in total. The molecule has 1 saturated heterocycles. The zero-order chi connectivity index (χ0) is 22.0. The Balaban J connectivity index is 1.59. The van der Waals surface area contributed by atoms with E-state index in [1.165, 1.54) is 33.8 Å². The Bertz CT molecular complexity index is 1190. The van der Waals surface area contributed by atoms with Gasteiger partial charge >= 0.3 is 0 Å². The Hall–Kier alpha value is -2.79. The number of benzene rings is 2. The second-order valence-electron chi connectivity index (χ2n) is 7.19. The lowest BCUT2D eigenvalue weighted by Gasteiger charge is -2.31. The second kappa shape index (κ2) is 8.75.